The Morgan fingerprint density at radius 3 is 1.00 bits per heavy atom. The lowest BCUT2D eigenvalue weighted by atomic mass is 9.77. The highest BCUT2D eigenvalue weighted by Crippen LogP contribution is 2.36. The summed E-state index contributed by atoms with van der Waals surface area (Å²) in [6, 6.07) is 0. The van der Waals surface area contributed by atoms with Crippen molar-refractivity contribution in [2.24, 2.45) is 10.8 Å². The van der Waals surface area contributed by atoms with Gasteiger partial charge in [-0.15, -0.1) is 0 Å². The molecule has 0 aliphatic heterocycles. The van der Waals surface area contributed by atoms with Gasteiger partial charge in [-0.25, -0.2) is 19.2 Å². The van der Waals surface area contributed by atoms with Gasteiger partial charge in [0.05, 0.1) is 13.2 Å². The van der Waals surface area contributed by atoms with Crippen LogP contribution in [0, 0.1) is 10.8 Å². The third-order valence-corrected chi connectivity index (χ3v) is 5.56. The molecule has 0 heterocycles. The quantitative estimate of drug-likeness (QED) is 0.220. The highest BCUT2D eigenvalue weighted by molar-refractivity contribution is 5.80. The van der Waals surface area contributed by atoms with Crippen LogP contribution in [-0.4, -0.2) is 57.5 Å². The van der Waals surface area contributed by atoms with Crippen LogP contribution in [0.1, 0.15) is 52.4 Å². The molecule has 0 saturated carbocycles. The van der Waals surface area contributed by atoms with Gasteiger partial charge in [0.15, 0.2) is 0 Å². The van der Waals surface area contributed by atoms with E-state index in [1.54, 1.807) is 0 Å². The fourth-order valence-corrected chi connectivity index (χ4v) is 3.31. The minimum absolute atomic E-state index is 0.213. The first kappa shape index (κ1) is 29.8. The van der Waals surface area contributed by atoms with Crippen LogP contribution in [0.3, 0.4) is 0 Å². The smallest absolute Gasteiger partial charge is 0.327 e. The van der Waals surface area contributed by atoms with E-state index in [0.29, 0.717) is 38.5 Å². The maximum atomic E-state index is 10.9. The molecule has 0 aromatic rings. The van der Waals surface area contributed by atoms with E-state index < -0.39 is 34.7 Å². The Bertz CT molecular complexity index is 659. The third-order valence-electron chi connectivity index (χ3n) is 5.56. The normalized spacial score (nSPS) is 15.8. The molecule has 0 atom stereocenters. The van der Waals surface area contributed by atoms with Gasteiger partial charge in [-0.2, -0.15) is 0 Å². The third kappa shape index (κ3) is 13.7. The Balaban J connectivity index is 5.60. The fourth-order valence-electron chi connectivity index (χ4n) is 3.31. The lowest BCUT2D eigenvalue weighted by Gasteiger charge is -2.35. The second kappa shape index (κ2) is 15.6. The van der Waals surface area contributed by atoms with E-state index >= 15 is 0 Å². The van der Waals surface area contributed by atoms with Gasteiger partial charge >= 0.3 is 23.9 Å². The largest absolute Gasteiger partial charge is 0.478 e. The number of rotatable bonds is 18. The Morgan fingerprint density at radius 1 is 0.576 bits per heavy atom. The summed E-state index contributed by atoms with van der Waals surface area (Å²) >= 11 is 0. The van der Waals surface area contributed by atoms with Gasteiger partial charge in [0.2, 0.25) is 0 Å². The predicted octanol–water partition coefficient (Wildman–Crippen LogP) is 3.92. The van der Waals surface area contributed by atoms with Crippen molar-refractivity contribution in [2.45, 2.75) is 52.4 Å². The first-order chi connectivity index (χ1) is 15.5. The van der Waals surface area contributed by atoms with Crippen molar-refractivity contribution in [3.63, 3.8) is 0 Å². The summed E-state index contributed by atoms with van der Waals surface area (Å²) in [6.45, 7) is 4.24. The summed E-state index contributed by atoms with van der Waals surface area (Å²) in [7, 11) is 0. The summed E-state index contributed by atoms with van der Waals surface area (Å²) < 4.78 is 6.05. The van der Waals surface area contributed by atoms with E-state index in [2.05, 4.69) is 0 Å². The molecule has 0 amide bonds. The van der Waals surface area contributed by atoms with E-state index in [0.717, 1.165) is 24.3 Å². The van der Waals surface area contributed by atoms with Crippen LogP contribution >= 0.6 is 0 Å². The Morgan fingerprint density at radius 2 is 0.818 bits per heavy atom. The fraction of sp³-hybridized carbons (Fsp3) is 0.500. The molecule has 0 bridgehead atoms. The second-order valence-electron chi connectivity index (χ2n) is 7.98. The zero-order valence-electron chi connectivity index (χ0n) is 19.1. The number of ether oxygens (including phenoxy) is 1. The molecule has 0 aromatic heterocycles. The number of aliphatic carboxylic acids is 4. The minimum atomic E-state index is -1.08. The SMILES string of the molecule is CCC(CC=CC(=O)O)(CC=CC(=O)O)COCC(CC)(CC=CC(=O)O)CC=CC(=O)O. The average Bonchev–Trinajstić information content (AvgIpc) is 2.71. The first-order valence-electron chi connectivity index (χ1n) is 10.7. The summed E-state index contributed by atoms with van der Waals surface area (Å²) in [6.07, 6.45) is 12.8. The van der Waals surface area contributed by atoms with E-state index in [1.165, 1.54) is 24.3 Å². The van der Waals surface area contributed by atoms with Gasteiger partial charge < -0.3 is 25.2 Å². The zero-order valence-corrected chi connectivity index (χ0v) is 19.1. The maximum Gasteiger partial charge on any atom is 0.327 e. The van der Waals surface area contributed by atoms with Crippen LogP contribution in [0.4, 0.5) is 0 Å². The van der Waals surface area contributed by atoms with Gasteiger partial charge in [-0.05, 0) is 38.5 Å². The van der Waals surface area contributed by atoms with Crippen molar-refractivity contribution < 1.29 is 44.3 Å². The van der Waals surface area contributed by atoms with Crippen molar-refractivity contribution in [3.05, 3.63) is 48.6 Å². The van der Waals surface area contributed by atoms with Gasteiger partial charge in [0, 0.05) is 35.1 Å². The van der Waals surface area contributed by atoms with Crippen molar-refractivity contribution in [3.8, 4) is 0 Å². The maximum absolute atomic E-state index is 10.9. The molecule has 0 saturated heterocycles. The van der Waals surface area contributed by atoms with Gasteiger partial charge in [0.25, 0.3) is 0 Å². The number of carboxylic acids is 4. The molecule has 0 aromatic carbocycles. The van der Waals surface area contributed by atoms with E-state index in [9.17, 15) is 19.2 Å². The van der Waals surface area contributed by atoms with Gasteiger partial charge in [-0.3, -0.25) is 0 Å². The van der Waals surface area contributed by atoms with E-state index in [-0.39, 0.29) is 13.2 Å². The number of carboxylic acid groups (broad SMARTS) is 4. The molecule has 33 heavy (non-hydrogen) atoms. The topological polar surface area (TPSA) is 158 Å². The number of hydrogen-bond donors (Lipinski definition) is 4. The van der Waals surface area contributed by atoms with Gasteiger partial charge in [-0.1, -0.05) is 38.2 Å². The molecular formula is C24H34O9. The molecular weight excluding hydrogens is 432 g/mol. The molecule has 184 valence electrons. The van der Waals surface area contributed by atoms with E-state index in [4.69, 9.17) is 25.2 Å². The zero-order chi connectivity index (χ0) is 25.3. The molecule has 0 aliphatic carbocycles. The number of hydrogen-bond acceptors (Lipinski definition) is 5. The highest BCUT2D eigenvalue weighted by atomic mass is 16.5. The van der Waals surface area contributed by atoms with Crippen molar-refractivity contribution >= 4 is 23.9 Å². The Kier molecular flexibility index (Phi) is 14.1. The van der Waals surface area contributed by atoms with Gasteiger partial charge in [0.1, 0.15) is 0 Å². The Labute approximate surface area is 193 Å². The van der Waals surface area contributed by atoms with Crippen LogP contribution in [0.25, 0.3) is 0 Å². The average molecular weight is 467 g/mol. The summed E-state index contributed by atoms with van der Waals surface area (Å²) in [4.78, 5) is 43.4. The molecule has 0 radical (unpaired) electrons. The van der Waals surface area contributed by atoms with Crippen LogP contribution in [0.2, 0.25) is 0 Å². The monoisotopic (exact) mass is 466 g/mol. The van der Waals surface area contributed by atoms with Crippen LogP contribution in [0.15, 0.2) is 48.6 Å². The van der Waals surface area contributed by atoms with Crippen molar-refractivity contribution in [1.82, 2.24) is 0 Å². The molecule has 0 rings (SSSR count). The molecule has 9 nitrogen and oxygen atoms in total. The van der Waals surface area contributed by atoms with E-state index in [1.807, 2.05) is 13.8 Å². The van der Waals surface area contributed by atoms with Crippen LogP contribution in [-0.2, 0) is 23.9 Å². The Hall–Kier alpha value is -3.20. The first-order valence-corrected chi connectivity index (χ1v) is 10.7. The predicted molar refractivity (Wildman–Crippen MR) is 122 cm³/mol. The highest BCUT2D eigenvalue weighted by Gasteiger charge is 2.30. The number of carbonyl (C=O) groups is 4. The summed E-state index contributed by atoms with van der Waals surface area (Å²) in [5.74, 6) is -4.32. The molecule has 0 unspecified atom stereocenters. The molecule has 9 heteroatoms. The minimum Gasteiger partial charge on any atom is -0.478 e. The molecule has 0 aliphatic rings. The van der Waals surface area contributed by atoms with Crippen LogP contribution < -0.4 is 0 Å². The standard InChI is InChI=1S/C24H34O9/c1-3-23(13-5-9-19(25)26,14-6-10-20(27)28)17-33-18-24(4-2,15-7-11-21(29)30)16-8-12-22(31)32/h5-12H,3-4,13-18H2,1-2H3,(H,25,26)(H,27,28)(H,29,30)(H,31,32). The summed E-state index contributed by atoms with van der Waals surface area (Å²) in [5.41, 5.74) is -1.07. The lowest BCUT2D eigenvalue weighted by Crippen LogP contribution is -2.31. The second-order valence-corrected chi connectivity index (χ2v) is 7.98. The number of allylic oxidation sites excluding steroid dienone is 4. The lowest BCUT2D eigenvalue weighted by molar-refractivity contribution is -0.132. The van der Waals surface area contributed by atoms with Crippen molar-refractivity contribution in [2.75, 3.05) is 13.2 Å². The summed E-state index contributed by atoms with van der Waals surface area (Å²) in [5, 5.41) is 35.5. The van der Waals surface area contributed by atoms with Crippen LogP contribution in [0.5, 0.6) is 0 Å². The molecule has 0 fully saturated rings. The molecule has 0 spiro atoms. The van der Waals surface area contributed by atoms with Crippen molar-refractivity contribution in [1.29, 1.82) is 0 Å². The molecule has 4 N–H and O–H groups in total.